The van der Waals surface area contributed by atoms with E-state index in [1.807, 2.05) is 19.1 Å². The number of nitrogens with one attached hydrogen (secondary N) is 2. The van der Waals surface area contributed by atoms with Gasteiger partial charge in [-0.05, 0) is 49.2 Å². The number of hydrogen-bond acceptors (Lipinski definition) is 3. The summed E-state index contributed by atoms with van der Waals surface area (Å²) in [6.45, 7) is 5.61. The number of amides is 1. The van der Waals surface area contributed by atoms with Crippen LogP contribution in [0.5, 0.6) is 0 Å². The van der Waals surface area contributed by atoms with Crippen molar-refractivity contribution in [3.05, 3.63) is 64.2 Å². The second-order valence-electron chi connectivity index (χ2n) is 5.72. The summed E-state index contributed by atoms with van der Waals surface area (Å²) in [4.78, 5) is 12.7. The fraction of sp³-hybridized carbons (Fsp3) is 0.278. The average Bonchev–Trinajstić information content (AvgIpc) is 2.55. The molecule has 1 amide bonds. The summed E-state index contributed by atoms with van der Waals surface area (Å²) in [6, 6.07) is 11.5. The lowest BCUT2D eigenvalue weighted by Crippen LogP contribution is -2.28. The Hall–Kier alpha value is -1.89. The molecule has 2 N–H and O–H groups in total. The van der Waals surface area contributed by atoms with Crippen LogP contribution in [0.25, 0.3) is 0 Å². The van der Waals surface area contributed by atoms with Crippen LogP contribution in [0, 0.1) is 6.92 Å². The number of sulfonamides is 1. The van der Waals surface area contributed by atoms with Gasteiger partial charge in [-0.25, -0.2) is 13.1 Å². The molecule has 2 rings (SSSR count). The molecule has 0 aliphatic rings. The molecule has 0 fully saturated rings. The molecule has 1 unspecified atom stereocenters. The van der Waals surface area contributed by atoms with Crippen LogP contribution in [0.4, 0.5) is 0 Å². The Kier molecular flexibility index (Phi) is 6.21. The van der Waals surface area contributed by atoms with Crippen LogP contribution in [0.15, 0.2) is 47.4 Å². The van der Waals surface area contributed by atoms with E-state index in [0.29, 0.717) is 16.1 Å². The average molecular weight is 381 g/mol. The molecule has 0 spiro atoms. The fourth-order valence-corrected chi connectivity index (χ4v) is 3.59. The minimum absolute atomic E-state index is 0.0734. The summed E-state index contributed by atoms with van der Waals surface area (Å²) < 4.78 is 26.7. The van der Waals surface area contributed by atoms with Crippen molar-refractivity contribution < 1.29 is 13.2 Å². The number of halogens is 1. The molecule has 0 heterocycles. The fourth-order valence-electron chi connectivity index (χ4n) is 2.40. The smallest absolute Gasteiger partial charge is 0.252 e. The molecular weight excluding hydrogens is 360 g/mol. The van der Waals surface area contributed by atoms with Crippen LogP contribution in [-0.4, -0.2) is 20.9 Å². The van der Waals surface area contributed by atoms with Crippen molar-refractivity contribution in [1.82, 2.24) is 10.0 Å². The summed E-state index contributed by atoms with van der Waals surface area (Å²) >= 11 is 5.87. The molecular formula is C18H21ClN2O3S. The highest BCUT2D eigenvalue weighted by Gasteiger charge is 2.18. The molecule has 0 saturated carbocycles. The third kappa shape index (κ3) is 4.81. The predicted octanol–water partition coefficient (Wildman–Crippen LogP) is 3.44. The van der Waals surface area contributed by atoms with Crippen LogP contribution < -0.4 is 10.0 Å². The van der Waals surface area contributed by atoms with Crippen LogP contribution >= 0.6 is 11.6 Å². The van der Waals surface area contributed by atoms with Gasteiger partial charge in [-0.15, -0.1) is 0 Å². The lowest BCUT2D eigenvalue weighted by molar-refractivity contribution is 0.0939. The highest BCUT2D eigenvalue weighted by Crippen LogP contribution is 2.19. The first-order chi connectivity index (χ1) is 11.7. The third-order valence-corrected chi connectivity index (χ3v) is 5.61. The highest BCUT2D eigenvalue weighted by atomic mass is 35.5. The van der Waals surface area contributed by atoms with Gasteiger partial charge >= 0.3 is 0 Å². The van der Waals surface area contributed by atoms with E-state index in [1.165, 1.54) is 12.1 Å². The van der Waals surface area contributed by atoms with Gasteiger partial charge in [-0.2, -0.15) is 0 Å². The molecule has 2 aromatic rings. The van der Waals surface area contributed by atoms with Crippen molar-refractivity contribution in [1.29, 1.82) is 0 Å². The summed E-state index contributed by atoms with van der Waals surface area (Å²) in [7, 11) is -3.61. The highest BCUT2D eigenvalue weighted by molar-refractivity contribution is 7.89. The van der Waals surface area contributed by atoms with Gasteiger partial charge in [-0.3, -0.25) is 4.79 Å². The van der Waals surface area contributed by atoms with Crippen molar-refractivity contribution in [2.24, 2.45) is 0 Å². The molecule has 0 aromatic heterocycles. The first kappa shape index (κ1) is 19.4. The Labute approximate surface area is 153 Å². The largest absolute Gasteiger partial charge is 0.346 e. The van der Waals surface area contributed by atoms with Crippen molar-refractivity contribution >= 4 is 27.5 Å². The molecule has 1 atom stereocenters. The van der Waals surface area contributed by atoms with Crippen LogP contribution in [0.2, 0.25) is 5.02 Å². The number of aryl methyl sites for hydroxylation is 1. The minimum atomic E-state index is -3.61. The second-order valence-corrected chi connectivity index (χ2v) is 7.93. The maximum absolute atomic E-state index is 12.6. The number of rotatable bonds is 6. The predicted molar refractivity (Wildman–Crippen MR) is 99.4 cm³/mol. The number of carbonyl (C=O) groups excluding carboxylic acids is 1. The van der Waals surface area contributed by atoms with Crippen molar-refractivity contribution in [2.45, 2.75) is 31.7 Å². The van der Waals surface area contributed by atoms with Crippen LogP contribution in [0.1, 0.15) is 41.4 Å². The van der Waals surface area contributed by atoms with E-state index in [2.05, 4.69) is 10.0 Å². The molecule has 2 aromatic carbocycles. The Morgan fingerprint density at radius 2 is 1.80 bits per heavy atom. The topological polar surface area (TPSA) is 75.3 Å². The maximum atomic E-state index is 12.6. The summed E-state index contributed by atoms with van der Waals surface area (Å²) in [5.74, 6) is -0.325. The zero-order valence-electron chi connectivity index (χ0n) is 14.3. The first-order valence-electron chi connectivity index (χ1n) is 7.91. The third-order valence-electron chi connectivity index (χ3n) is 3.82. The van der Waals surface area contributed by atoms with Crippen LogP contribution in [-0.2, 0) is 10.0 Å². The molecule has 0 bridgehead atoms. The molecule has 7 heteroatoms. The standard InChI is InChI=1S/C18H21ClN2O3S/c1-4-20-25(23,24)16-10-5-12(2)17(11-16)18(22)21-13(3)14-6-8-15(19)9-7-14/h5-11,13,20H,4H2,1-3H3,(H,21,22). The number of carbonyl (C=O) groups is 1. The molecule has 0 saturated heterocycles. The molecule has 134 valence electrons. The summed E-state index contributed by atoms with van der Waals surface area (Å²) in [5.41, 5.74) is 1.95. The minimum Gasteiger partial charge on any atom is -0.346 e. The second kappa shape index (κ2) is 7.99. The first-order valence-corrected chi connectivity index (χ1v) is 9.77. The van der Waals surface area contributed by atoms with Gasteiger partial charge < -0.3 is 5.32 Å². The van der Waals surface area contributed by atoms with Gasteiger partial charge in [0, 0.05) is 17.1 Å². The Bertz CT molecular complexity index is 864. The molecule has 0 aliphatic carbocycles. The van der Waals surface area contributed by atoms with E-state index >= 15 is 0 Å². The van der Waals surface area contributed by atoms with E-state index in [1.54, 1.807) is 32.0 Å². The summed E-state index contributed by atoms with van der Waals surface area (Å²) in [5, 5.41) is 3.51. The van der Waals surface area contributed by atoms with Crippen molar-refractivity contribution in [2.75, 3.05) is 6.54 Å². The number of benzene rings is 2. The Morgan fingerprint density at radius 1 is 1.16 bits per heavy atom. The van der Waals surface area contributed by atoms with Crippen LogP contribution in [0.3, 0.4) is 0 Å². The van der Waals surface area contributed by atoms with E-state index in [-0.39, 0.29) is 23.4 Å². The number of hydrogen-bond donors (Lipinski definition) is 2. The summed E-state index contributed by atoms with van der Waals surface area (Å²) in [6.07, 6.45) is 0. The molecule has 0 radical (unpaired) electrons. The monoisotopic (exact) mass is 380 g/mol. The Morgan fingerprint density at radius 3 is 2.40 bits per heavy atom. The van der Waals surface area contributed by atoms with E-state index in [9.17, 15) is 13.2 Å². The zero-order chi connectivity index (χ0) is 18.6. The van der Waals surface area contributed by atoms with Gasteiger partial charge in [-0.1, -0.05) is 36.7 Å². The van der Waals surface area contributed by atoms with Gasteiger partial charge in [0.05, 0.1) is 10.9 Å². The SMILES string of the molecule is CCNS(=O)(=O)c1ccc(C)c(C(=O)NC(C)c2ccc(Cl)cc2)c1. The van der Waals surface area contributed by atoms with E-state index in [0.717, 1.165) is 5.56 Å². The lowest BCUT2D eigenvalue weighted by atomic mass is 10.1. The van der Waals surface area contributed by atoms with E-state index in [4.69, 9.17) is 11.6 Å². The maximum Gasteiger partial charge on any atom is 0.252 e. The quantitative estimate of drug-likeness (QED) is 0.806. The van der Waals surface area contributed by atoms with E-state index < -0.39 is 10.0 Å². The van der Waals surface area contributed by atoms with Crippen molar-refractivity contribution in [3.8, 4) is 0 Å². The molecule has 5 nitrogen and oxygen atoms in total. The normalized spacial score (nSPS) is 12.6. The van der Waals surface area contributed by atoms with Gasteiger partial charge in [0.25, 0.3) is 5.91 Å². The van der Waals surface area contributed by atoms with Gasteiger partial charge in [0.2, 0.25) is 10.0 Å². The lowest BCUT2D eigenvalue weighted by Gasteiger charge is -2.16. The Balaban J connectivity index is 2.25. The molecule has 0 aliphatic heterocycles. The van der Waals surface area contributed by atoms with Gasteiger partial charge in [0.15, 0.2) is 0 Å². The molecule has 25 heavy (non-hydrogen) atoms. The van der Waals surface area contributed by atoms with Gasteiger partial charge in [0.1, 0.15) is 0 Å². The zero-order valence-corrected chi connectivity index (χ0v) is 15.9. The van der Waals surface area contributed by atoms with Crippen molar-refractivity contribution in [3.63, 3.8) is 0 Å².